The second-order valence-electron chi connectivity index (χ2n) is 5.95. The molecule has 2 aromatic carbocycles. The Morgan fingerprint density at radius 1 is 1.12 bits per heavy atom. The van der Waals surface area contributed by atoms with Crippen molar-refractivity contribution in [3.05, 3.63) is 59.4 Å². The maximum Gasteiger partial charge on any atom is 0.282 e. The molecule has 0 heterocycles. The molecule has 0 aliphatic heterocycles. The monoisotopic (exact) mass is 378 g/mol. The fraction of sp³-hybridized carbons (Fsp3) is 0.263. The fourth-order valence-electron chi connectivity index (χ4n) is 2.57. The lowest BCUT2D eigenvalue weighted by Crippen LogP contribution is -3.11. The van der Waals surface area contributed by atoms with E-state index in [2.05, 4.69) is 5.32 Å². The van der Waals surface area contributed by atoms with Gasteiger partial charge in [0.05, 0.1) is 17.8 Å². The lowest BCUT2D eigenvalue weighted by Gasteiger charge is -2.22. The number of hydrogen-bond acceptors (Lipinski definition) is 2. The van der Waals surface area contributed by atoms with Crippen molar-refractivity contribution >= 4 is 34.8 Å². The lowest BCUT2D eigenvalue weighted by atomic mass is 10.2. The predicted molar refractivity (Wildman–Crippen MR) is 101 cm³/mol. The van der Waals surface area contributed by atoms with E-state index >= 15 is 0 Å². The van der Waals surface area contributed by atoms with Crippen molar-refractivity contribution in [2.75, 3.05) is 36.9 Å². The van der Waals surface area contributed by atoms with Gasteiger partial charge in [0.1, 0.15) is 5.82 Å². The summed E-state index contributed by atoms with van der Waals surface area (Å²) < 4.78 is 13.1. The molecule has 1 unspecified atom stereocenters. The highest BCUT2D eigenvalue weighted by Gasteiger charge is 2.20. The fourth-order valence-corrected chi connectivity index (χ4v) is 2.75. The van der Waals surface area contributed by atoms with Gasteiger partial charge in [-0.15, -0.1) is 0 Å². The molecule has 2 N–H and O–H groups in total. The molecular weight excluding hydrogens is 357 g/mol. The summed E-state index contributed by atoms with van der Waals surface area (Å²) in [5.41, 5.74) is 1.17. The van der Waals surface area contributed by atoms with Gasteiger partial charge < -0.3 is 15.1 Å². The Kier molecular flexibility index (Phi) is 7.12. The molecule has 0 saturated heterocycles. The molecule has 0 aliphatic carbocycles. The number of benzene rings is 2. The number of carbonyl (C=O) groups is 2. The maximum absolute atomic E-state index is 13.1. The Balaban J connectivity index is 1.92. The van der Waals surface area contributed by atoms with Gasteiger partial charge in [-0.3, -0.25) is 9.59 Å². The molecule has 2 aromatic rings. The van der Waals surface area contributed by atoms with E-state index in [4.69, 9.17) is 11.6 Å². The summed E-state index contributed by atoms with van der Waals surface area (Å²) in [6.45, 7) is 2.57. The van der Waals surface area contributed by atoms with Crippen molar-refractivity contribution in [1.82, 2.24) is 0 Å². The number of rotatable bonds is 7. The predicted octanol–water partition coefficient (Wildman–Crippen LogP) is 1.99. The molecule has 1 atom stereocenters. The Morgan fingerprint density at radius 2 is 1.77 bits per heavy atom. The molecule has 26 heavy (non-hydrogen) atoms. The van der Waals surface area contributed by atoms with E-state index in [0.717, 1.165) is 4.90 Å². The molecule has 0 aromatic heterocycles. The number of nitrogens with one attached hydrogen (secondary N) is 2. The van der Waals surface area contributed by atoms with E-state index < -0.39 is 0 Å². The van der Waals surface area contributed by atoms with Crippen LogP contribution in [-0.2, 0) is 9.59 Å². The summed E-state index contributed by atoms with van der Waals surface area (Å²) in [6, 6.07) is 12.7. The highest BCUT2D eigenvalue weighted by atomic mass is 35.5. The van der Waals surface area contributed by atoms with E-state index in [-0.39, 0.29) is 30.7 Å². The molecule has 138 valence electrons. The largest absolute Gasteiger partial charge is 0.322 e. The molecule has 0 radical (unpaired) electrons. The number of halogens is 2. The Hall–Kier alpha value is -2.44. The average Bonchev–Trinajstić information content (AvgIpc) is 2.59. The van der Waals surface area contributed by atoms with Crippen molar-refractivity contribution in [3.8, 4) is 0 Å². The average molecular weight is 379 g/mol. The lowest BCUT2D eigenvalue weighted by molar-refractivity contribution is -0.862. The molecular formula is C19H22ClFN3O2+. The molecule has 2 rings (SSSR count). The van der Waals surface area contributed by atoms with Gasteiger partial charge >= 0.3 is 0 Å². The SMILES string of the molecule is CCN(C(=O)C[NH+](C)CC(=O)Nc1ccccc1Cl)c1ccc(F)cc1. The molecule has 0 saturated carbocycles. The highest BCUT2D eigenvalue weighted by molar-refractivity contribution is 6.33. The number of quaternary nitrogens is 1. The van der Waals surface area contributed by atoms with Gasteiger partial charge in [-0.2, -0.15) is 0 Å². The van der Waals surface area contributed by atoms with E-state index in [9.17, 15) is 14.0 Å². The molecule has 2 amide bonds. The van der Waals surface area contributed by atoms with Gasteiger partial charge in [-0.05, 0) is 43.3 Å². The van der Waals surface area contributed by atoms with Crippen molar-refractivity contribution in [2.24, 2.45) is 0 Å². The Bertz CT molecular complexity index is 768. The maximum atomic E-state index is 13.1. The molecule has 7 heteroatoms. The Labute approximate surface area is 157 Å². The molecule has 0 aliphatic rings. The van der Waals surface area contributed by atoms with E-state index in [1.54, 1.807) is 48.3 Å². The van der Waals surface area contributed by atoms with Crippen LogP contribution in [0.1, 0.15) is 6.92 Å². The molecule has 0 spiro atoms. The van der Waals surface area contributed by atoms with Crippen LogP contribution in [0, 0.1) is 5.82 Å². The van der Waals surface area contributed by atoms with Crippen LogP contribution in [-0.4, -0.2) is 38.5 Å². The van der Waals surface area contributed by atoms with Crippen LogP contribution in [0.3, 0.4) is 0 Å². The third kappa shape index (κ3) is 5.54. The van der Waals surface area contributed by atoms with Crippen LogP contribution >= 0.6 is 11.6 Å². The summed E-state index contributed by atoms with van der Waals surface area (Å²) >= 11 is 6.02. The van der Waals surface area contributed by atoms with E-state index in [0.29, 0.717) is 22.9 Å². The minimum absolute atomic E-state index is 0.123. The number of nitrogens with zero attached hydrogens (tertiary/aromatic N) is 1. The summed E-state index contributed by atoms with van der Waals surface area (Å²) in [5.74, 6) is -0.716. The van der Waals surface area contributed by atoms with Gasteiger partial charge in [0, 0.05) is 12.2 Å². The first-order valence-electron chi connectivity index (χ1n) is 8.32. The van der Waals surface area contributed by atoms with E-state index in [1.165, 1.54) is 12.1 Å². The Morgan fingerprint density at radius 3 is 2.38 bits per heavy atom. The minimum atomic E-state index is -0.351. The first-order chi connectivity index (χ1) is 12.4. The van der Waals surface area contributed by atoms with Gasteiger partial charge in [-0.25, -0.2) is 4.39 Å². The van der Waals surface area contributed by atoms with Gasteiger partial charge in [-0.1, -0.05) is 23.7 Å². The van der Waals surface area contributed by atoms with Crippen LogP contribution < -0.4 is 15.1 Å². The van der Waals surface area contributed by atoms with Crippen LogP contribution in [0.5, 0.6) is 0 Å². The van der Waals surface area contributed by atoms with Gasteiger partial charge in [0.25, 0.3) is 11.8 Å². The van der Waals surface area contributed by atoms with Gasteiger partial charge in [0.2, 0.25) is 0 Å². The van der Waals surface area contributed by atoms with Crippen molar-refractivity contribution in [3.63, 3.8) is 0 Å². The number of amides is 2. The van der Waals surface area contributed by atoms with E-state index in [1.807, 2.05) is 6.92 Å². The topological polar surface area (TPSA) is 53.9 Å². The molecule has 0 bridgehead atoms. The third-order valence-electron chi connectivity index (χ3n) is 3.82. The quantitative estimate of drug-likeness (QED) is 0.774. The smallest absolute Gasteiger partial charge is 0.282 e. The minimum Gasteiger partial charge on any atom is -0.322 e. The normalized spacial score (nSPS) is 11.7. The second kappa shape index (κ2) is 9.31. The number of para-hydroxylation sites is 1. The summed E-state index contributed by atoms with van der Waals surface area (Å²) in [6.07, 6.45) is 0. The number of carbonyl (C=O) groups excluding carboxylic acids is 2. The number of likely N-dealkylation sites (N-methyl/N-ethyl adjacent to an activating group) is 2. The van der Waals surface area contributed by atoms with Crippen molar-refractivity contribution < 1.29 is 18.9 Å². The second-order valence-corrected chi connectivity index (χ2v) is 6.36. The first kappa shape index (κ1) is 19.9. The molecule has 0 fully saturated rings. The van der Waals surface area contributed by atoms with Gasteiger partial charge in [0.15, 0.2) is 13.1 Å². The molecule has 5 nitrogen and oxygen atoms in total. The third-order valence-corrected chi connectivity index (χ3v) is 4.15. The van der Waals surface area contributed by atoms with Crippen LogP contribution in [0.2, 0.25) is 5.02 Å². The van der Waals surface area contributed by atoms with Crippen molar-refractivity contribution in [2.45, 2.75) is 6.92 Å². The number of hydrogen-bond donors (Lipinski definition) is 2. The zero-order chi connectivity index (χ0) is 19.1. The summed E-state index contributed by atoms with van der Waals surface area (Å²) in [5, 5.41) is 3.20. The number of anilines is 2. The van der Waals surface area contributed by atoms with Crippen LogP contribution in [0.15, 0.2) is 48.5 Å². The van der Waals surface area contributed by atoms with Crippen LogP contribution in [0.4, 0.5) is 15.8 Å². The van der Waals surface area contributed by atoms with Crippen molar-refractivity contribution in [1.29, 1.82) is 0 Å². The standard InChI is InChI=1S/C19H21ClFN3O2/c1-3-24(15-10-8-14(21)9-11-15)19(26)13-23(2)12-18(25)22-17-7-5-4-6-16(17)20/h4-11H,3,12-13H2,1-2H3,(H,22,25)/p+1. The van der Waals surface area contributed by atoms with Crippen LogP contribution in [0.25, 0.3) is 0 Å². The zero-order valence-electron chi connectivity index (χ0n) is 14.8. The summed E-state index contributed by atoms with van der Waals surface area (Å²) in [7, 11) is 1.77. The zero-order valence-corrected chi connectivity index (χ0v) is 15.5. The first-order valence-corrected chi connectivity index (χ1v) is 8.70. The highest BCUT2D eigenvalue weighted by Crippen LogP contribution is 2.20. The summed E-state index contributed by atoms with van der Waals surface area (Å²) in [4.78, 5) is 27.0.